The maximum atomic E-state index is 6.14. The summed E-state index contributed by atoms with van der Waals surface area (Å²) < 4.78 is 13.1. The lowest BCUT2D eigenvalue weighted by Crippen LogP contribution is -2.54. The van der Waals surface area contributed by atoms with E-state index in [4.69, 9.17) is 9.47 Å². The summed E-state index contributed by atoms with van der Waals surface area (Å²) in [4.78, 5) is 0. The predicted molar refractivity (Wildman–Crippen MR) is 124 cm³/mol. The zero-order chi connectivity index (χ0) is 20.5. The van der Waals surface area contributed by atoms with Gasteiger partial charge < -0.3 is 14.8 Å². The summed E-state index contributed by atoms with van der Waals surface area (Å²) >= 11 is 3.74. The fourth-order valence-corrected chi connectivity index (χ4v) is 6.95. The number of benzene rings is 2. The first-order valence-electron chi connectivity index (χ1n) is 11.5. The van der Waals surface area contributed by atoms with Gasteiger partial charge in [-0.1, -0.05) is 30.3 Å². The van der Waals surface area contributed by atoms with E-state index in [1.165, 1.54) is 37.7 Å². The highest BCUT2D eigenvalue weighted by Crippen LogP contribution is 2.53. The van der Waals surface area contributed by atoms with Crippen LogP contribution in [0.2, 0.25) is 0 Å². The first-order valence-corrected chi connectivity index (χ1v) is 12.3. The molecule has 0 unspecified atom stereocenters. The number of hydrogen-bond donors (Lipinski definition) is 1. The monoisotopic (exact) mass is 469 g/mol. The fraction of sp³-hybridized carbons (Fsp3) is 0.538. The molecule has 6 rings (SSSR count). The van der Waals surface area contributed by atoms with E-state index in [2.05, 4.69) is 45.5 Å². The Morgan fingerprint density at radius 3 is 2.27 bits per heavy atom. The van der Waals surface area contributed by atoms with E-state index >= 15 is 0 Å². The average molecular weight is 470 g/mol. The van der Waals surface area contributed by atoms with Crippen molar-refractivity contribution in [3.8, 4) is 11.5 Å². The molecule has 0 spiro atoms. The lowest BCUT2D eigenvalue weighted by atomic mass is 9.54. The smallest absolute Gasteiger partial charge is 0.175 e. The van der Waals surface area contributed by atoms with Crippen molar-refractivity contribution in [3.63, 3.8) is 0 Å². The quantitative estimate of drug-likeness (QED) is 0.488. The maximum Gasteiger partial charge on any atom is 0.175 e. The number of rotatable bonds is 8. The normalized spacial score (nSPS) is 29.2. The van der Waals surface area contributed by atoms with Crippen LogP contribution in [0.15, 0.2) is 46.9 Å². The molecule has 30 heavy (non-hydrogen) atoms. The van der Waals surface area contributed by atoms with Crippen LogP contribution in [0.3, 0.4) is 0 Å². The number of nitrogens with one attached hydrogen (secondary N) is 1. The van der Waals surface area contributed by atoms with Crippen LogP contribution in [-0.2, 0) is 13.2 Å². The van der Waals surface area contributed by atoms with Crippen LogP contribution in [0, 0.1) is 23.7 Å². The third-order valence-corrected chi connectivity index (χ3v) is 7.95. The summed E-state index contributed by atoms with van der Waals surface area (Å²) in [5.74, 6) is 5.44. The second-order valence-corrected chi connectivity index (χ2v) is 10.3. The lowest BCUT2D eigenvalue weighted by molar-refractivity contribution is -0.0142. The fourth-order valence-electron chi connectivity index (χ4n) is 6.35. The average Bonchev–Trinajstić information content (AvgIpc) is 2.73. The van der Waals surface area contributed by atoms with Gasteiger partial charge in [0.05, 0.1) is 11.1 Å². The van der Waals surface area contributed by atoms with Gasteiger partial charge in [0.1, 0.15) is 6.61 Å². The van der Waals surface area contributed by atoms with Gasteiger partial charge in [0.25, 0.3) is 0 Å². The SMILES string of the molecule is CCOc1cc(CNC2C3CC4CC(C3)CC2C4)cc(Br)c1OCc1ccccc1. The zero-order valence-corrected chi connectivity index (χ0v) is 19.4. The van der Waals surface area contributed by atoms with Crippen LogP contribution < -0.4 is 14.8 Å². The minimum absolute atomic E-state index is 0.533. The Labute approximate surface area is 188 Å². The zero-order valence-electron chi connectivity index (χ0n) is 17.8. The number of hydrogen-bond acceptors (Lipinski definition) is 3. The molecule has 0 atom stereocenters. The highest BCUT2D eigenvalue weighted by molar-refractivity contribution is 9.10. The van der Waals surface area contributed by atoms with Gasteiger partial charge >= 0.3 is 0 Å². The van der Waals surface area contributed by atoms with E-state index in [1.807, 2.05) is 25.1 Å². The molecule has 2 aromatic rings. The summed E-state index contributed by atoms with van der Waals surface area (Å²) in [5, 5.41) is 3.94. The summed E-state index contributed by atoms with van der Waals surface area (Å²) in [7, 11) is 0. The van der Waals surface area contributed by atoms with Crippen molar-refractivity contribution in [2.45, 2.75) is 58.2 Å². The summed E-state index contributed by atoms with van der Waals surface area (Å²) in [6, 6.07) is 15.3. The van der Waals surface area contributed by atoms with Crippen molar-refractivity contribution < 1.29 is 9.47 Å². The Morgan fingerprint density at radius 2 is 1.60 bits per heavy atom. The van der Waals surface area contributed by atoms with Crippen LogP contribution in [-0.4, -0.2) is 12.6 Å². The molecule has 2 aromatic carbocycles. The van der Waals surface area contributed by atoms with Crippen molar-refractivity contribution in [2.75, 3.05) is 6.61 Å². The van der Waals surface area contributed by atoms with Crippen LogP contribution in [0.4, 0.5) is 0 Å². The van der Waals surface area contributed by atoms with E-state index in [-0.39, 0.29) is 0 Å². The Bertz CT molecular complexity index is 841. The molecule has 0 radical (unpaired) electrons. The lowest BCUT2D eigenvalue weighted by Gasteiger charge is -2.54. The molecule has 160 valence electrons. The highest BCUT2D eigenvalue weighted by atomic mass is 79.9. The Balaban J connectivity index is 1.27. The molecule has 4 fully saturated rings. The topological polar surface area (TPSA) is 30.5 Å². The van der Waals surface area contributed by atoms with E-state index in [0.29, 0.717) is 19.3 Å². The van der Waals surface area contributed by atoms with Crippen LogP contribution >= 0.6 is 15.9 Å². The van der Waals surface area contributed by atoms with Crippen LogP contribution in [0.1, 0.15) is 50.2 Å². The van der Waals surface area contributed by atoms with Gasteiger partial charge in [0.2, 0.25) is 0 Å². The minimum Gasteiger partial charge on any atom is -0.490 e. The second kappa shape index (κ2) is 8.92. The van der Waals surface area contributed by atoms with Gasteiger partial charge in [0, 0.05) is 12.6 Å². The molecule has 1 N–H and O–H groups in total. The molecule has 4 heteroatoms. The van der Waals surface area contributed by atoms with E-state index < -0.39 is 0 Å². The molecular weight excluding hydrogens is 438 g/mol. The van der Waals surface area contributed by atoms with Gasteiger partial charge in [-0.2, -0.15) is 0 Å². The molecule has 0 aliphatic heterocycles. The predicted octanol–water partition coefficient (Wildman–Crippen LogP) is 6.34. The number of halogens is 1. The molecule has 0 aromatic heterocycles. The minimum atomic E-state index is 0.533. The standard InChI is InChI=1S/C26H32BrNO2/c1-2-29-24-14-20(13-23(27)26(24)30-16-17-6-4-3-5-7-17)15-28-25-21-9-18-8-19(11-21)12-22(25)10-18/h3-7,13-14,18-19,21-22,25,28H,2,8-12,15-16H2,1H3. The molecule has 4 saturated carbocycles. The molecule has 0 saturated heterocycles. The largest absolute Gasteiger partial charge is 0.490 e. The molecule has 4 aliphatic rings. The van der Waals surface area contributed by atoms with Gasteiger partial charge in [-0.25, -0.2) is 0 Å². The van der Waals surface area contributed by atoms with Crippen molar-refractivity contribution in [1.29, 1.82) is 0 Å². The number of ether oxygens (including phenoxy) is 2. The van der Waals surface area contributed by atoms with Crippen molar-refractivity contribution in [1.82, 2.24) is 5.32 Å². The Kier molecular flexibility index (Phi) is 6.06. The molecule has 4 aliphatic carbocycles. The van der Waals surface area contributed by atoms with Gasteiger partial charge in [0.15, 0.2) is 11.5 Å². The second-order valence-electron chi connectivity index (χ2n) is 9.45. The molecule has 0 amide bonds. The van der Waals surface area contributed by atoms with E-state index in [9.17, 15) is 0 Å². The molecule has 4 bridgehead atoms. The summed E-state index contributed by atoms with van der Waals surface area (Å²) in [6.45, 7) is 4.07. The van der Waals surface area contributed by atoms with E-state index in [0.717, 1.165) is 51.8 Å². The Morgan fingerprint density at radius 1 is 0.900 bits per heavy atom. The third-order valence-electron chi connectivity index (χ3n) is 7.36. The van der Waals surface area contributed by atoms with Gasteiger partial charge in [-0.05, 0) is 102 Å². The molecule has 3 nitrogen and oxygen atoms in total. The molecule has 0 heterocycles. The summed E-state index contributed by atoms with van der Waals surface area (Å²) in [5.41, 5.74) is 2.41. The summed E-state index contributed by atoms with van der Waals surface area (Å²) in [6.07, 6.45) is 7.31. The van der Waals surface area contributed by atoms with Gasteiger partial charge in [-0.3, -0.25) is 0 Å². The van der Waals surface area contributed by atoms with Crippen molar-refractivity contribution in [2.24, 2.45) is 23.7 Å². The maximum absolute atomic E-state index is 6.14. The van der Waals surface area contributed by atoms with Crippen LogP contribution in [0.5, 0.6) is 11.5 Å². The van der Waals surface area contributed by atoms with E-state index in [1.54, 1.807) is 0 Å². The molecular formula is C26H32BrNO2. The first-order chi connectivity index (χ1) is 14.7. The van der Waals surface area contributed by atoms with Crippen LogP contribution in [0.25, 0.3) is 0 Å². The van der Waals surface area contributed by atoms with Crippen molar-refractivity contribution >= 4 is 15.9 Å². The highest BCUT2D eigenvalue weighted by Gasteiger charge is 2.47. The Hall–Kier alpha value is -1.52. The van der Waals surface area contributed by atoms with Crippen molar-refractivity contribution in [3.05, 3.63) is 58.1 Å². The third kappa shape index (κ3) is 4.27. The first kappa shape index (κ1) is 20.4. The van der Waals surface area contributed by atoms with Gasteiger partial charge in [-0.15, -0.1) is 0 Å².